The van der Waals surface area contributed by atoms with Crippen LogP contribution in [0.1, 0.15) is 24.9 Å². The lowest BCUT2D eigenvalue weighted by Crippen LogP contribution is -2.51. The standard InChI is InChI=1S/C16H23F2N3.ClH/c1-12(15-3-2-13(17)10-16(15)18)20-6-8-21(9-7-20)14-4-5-19-11-14;/h2-3,10,12,14,19H,4-9,11H2,1H3;1H. The van der Waals surface area contributed by atoms with Crippen molar-refractivity contribution in [2.24, 2.45) is 0 Å². The predicted octanol–water partition coefficient (Wildman–Crippen LogP) is 2.43. The van der Waals surface area contributed by atoms with Crippen molar-refractivity contribution in [3.8, 4) is 0 Å². The molecule has 0 radical (unpaired) electrons. The van der Waals surface area contributed by atoms with E-state index in [0.29, 0.717) is 11.6 Å². The first-order valence-electron chi connectivity index (χ1n) is 7.79. The summed E-state index contributed by atoms with van der Waals surface area (Å²) in [5.74, 6) is -0.952. The summed E-state index contributed by atoms with van der Waals surface area (Å²) in [6.07, 6.45) is 1.22. The summed E-state index contributed by atoms with van der Waals surface area (Å²) in [4.78, 5) is 4.82. The van der Waals surface area contributed by atoms with Gasteiger partial charge in [-0.2, -0.15) is 0 Å². The number of rotatable bonds is 3. The number of halogens is 3. The van der Waals surface area contributed by atoms with Crippen LogP contribution in [0.15, 0.2) is 18.2 Å². The highest BCUT2D eigenvalue weighted by Crippen LogP contribution is 2.25. The lowest BCUT2D eigenvalue weighted by Gasteiger charge is -2.40. The molecule has 0 aromatic heterocycles. The summed E-state index contributed by atoms with van der Waals surface area (Å²) in [6.45, 7) is 8.13. The molecule has 6 heteroatoms. The highest BCUT2D eigenvalue weighted by molar-refractivity contribution is 5.85. The number of piperazine rings is 1. The van der Waals surface area contributed by atoms with Gasteiger partial charge in [0, 0.05) is 56.4 Å². The van der Waals surface area contributed by atoms with E-state index in [1.807, 2.05) is 6.92 Å². The molecule has 2 unspecified atom stereocenters. The smallest absolute Gasteiger partial charge is 0.130 e. The Labute approximate surface area is 137 Å². The monoisotopic (exact) mass is 331 g/mol. The zero-order chi connectivity index (χ0) is 14.8. The summed E-state index contributed by atoms with van der Waals surface area (Å²) >= 11 is 0. The summed E-state index contributed by atoms with van der Waals surface area (Å²) in [6, 6.07) is 4.55. The van der Waals surface area contributed by atoms with Crippen LogP contribution in [-0.2, 0) is 0 Å². The van der Waals surface area contributed by atoms with Gasteiger partial charge >= 0.3 is 0 Å². The number of nitrogens with zero attached hydrogens (tertiary/aromatic N) is 2. The molecule has 0 amide bonds. The summed E-state index contributed by atoms with van der Waals surface area (Å²) in [7, 11) is 0. The molecule has 22 heavy (non-hydrogen) atoms. The van der Waals surface area contributed by atoms with Crippen molar-refractivity contribution < 1.29 is 8.78 Å². The third kappa shape index (κ3) is 3.77. The van der Waals surface area contributed by atoms with E-state index in [4.69, 9.17) is 0 Å². The average Bonchev–Trinajstić information content (AvgIpc) is 3.01. The topological polar surface area (TPSA) is 18.5 Å². The van der Waals surface area contributed by atoms with Crippen molar-refractivity contribution in [3.05, 3.63) is 35.4 Å². The van der Waals surface area contributed by atoms with Gasteiger partial charge in [0.2, 0.25) is 0 Å². The second-order valence-electron chi connectivity index (χ2n) is 6.06. The molecule has 2 fully saturated rings. The van der Waals surface area contributed by atoms with Crippen LogP contribution >= 0.6 is 12.4 Å². The van der Waals surface area contributed by atoms with Gasteiger partial charge in [0.15, 0.2) is 0 Å². The van der Waals surface area contributed by atoms with Crippen LogP contribution in [0.5, 0.6) is 0 Å². The molecule has 0 spiro atoms. The number of hydrogen-bond acceptors (Lipinski definition) is 3. The van der Waals surface area contributed by atoms with Gasteiger partial charge in [-0.25, -0.2) is 8.78 Å². The molecule has 2 heterocycles. The quantitative estimate of drug-likeness (QED) is 0.917. The van der Waals surface area contributed by atoms with E-state index < -0.39 is 11.6 Å². The molecule has 2 saturated heterocycles. The largest absolute Gasteiger partial charge is 0.315 e. The van der Waals surface area contributed by atoms with E-state index in [1.165, 1.54) is 12.5 Å². The first kappa shape index (κ1) is 17.6. The molecule has 1 aromatic carbocycles. The minimum Gasteiger partial charge on any atom is -0.315 e. The minimum absolute atomic E-state index is 0. The number of nitrogens with one attached hydrogen (secondary N) is 1. The van der Waals surface area contributed by atoms with Gasteiger partial charge in [-0.3, -0.25) is 9.80 Å². The summed E-state index contributed by atoms with van der Waals surface area (Å²) < 4.78 is 26.9. The fourth-order valence-corrected chi connectivity index (χ4v) is 3.48. The second kappa shape index (κ2) is 7.68. The maximum Gasteiger partial charge on any atom is 0.130 e. The molecule has 2 aliphatic heterocycles. The maximum absolute atomic E-state index is 13.9. The predicted molar refractivity (Wildman–Crippen MR) is 86.4 cm³/mol. The van der Waals surface area contributed by atoms with Gasteiger partial charge in [-0.15, -0.1) is 12.4 Å². The molecule has 0 saturated carbocycles. The zero-order valence-corrected chi connectivity index (χ0v) is 13.7. The summed E-state index contributed by atoms with van der Waals surface area (Å²) in [5.41, 5.74) is 0.590. The normalized spacial score (nSPS) is 25.0. The molecule has 2 aliphatic rings. The average molecular weight is 332 g/mol. The Hall–Kier alpha value is -0.750. The van der Waals surface area contributed by atoms with Crippen molar-refractivity contribution >= 4 is 12.4 Å². The van der Waals surface area contributed by atoms with E-state index in [-0.39, 0.29) is 18.4 Å². The maximum atomic E-state index is 13.9. The highest BCUT2D eigenvalue weighted by Gasteiger charge is 2.28. The van der Waals surface area contributed by atoms with E-state index in [9.17, 15) is 8.78 Å². The van der Waals surface area contributed by atoms with Crippen LogP contribution in [0.2, 0.25) is 0 Å². The molecule has 124 valence electrons. The third-order valence-electron chi connectivity index (χ3n) is 4.86. The van der Waals surface area contributed by atoms with Crippen LogP contribution in [-0.4, -0.2) is 55.1 Å². The van der Waals surface area contributed by atoms with E-state index in [1.54, 1.807) is 6.07 Å². The van der Waals surface area contributed by atoms with Crippen LogP contribution in [0.25, 0.3) is 0 Å². The molecular weight excluding hydrogens is 308 g/mol. The Morgan fingerprint density at radius 1 is 1.18 bits per heavy atom. The Kier molecular flexibility index (Phi) is 6.15. The number of benzene rings is 1. The van der Waals surface area contributed by atoms with Crippen molar-refractivity contribution in [1.29, 1.82) is 0 Å². The van der Waals surface area contributed by atoms with Gasteiger partial charge in [-0.05, 0) is 26.0 Å². The van der Waals surface area contributed by atoms with Gasteiger partial charge in [0.25, 0.3) is 0 Å². The molecule has 1 aromatic rings. The summed E-state index contributed by atoms with van der Waals surface area (Å²) in [5, 5.41) is 3.40. The molecule has 3 nitrogen and oxygen atoms in total. The van der Waals surface area contributed by atoms with Gasteiger partial charge in [0.1, 0.15) is 11.6 Å². The molecule has 3 rings (SSSR count). The van der Waals surface area contributed by atoms with Gasteiger partial charge < -0.3 is 5.32 Å². The Bertz CT molecular complexity index is 486. The highest BCUT2D eigenvalue weighted by atomic mass is 35.5. The van der Waals surface area contributed by atoms with Crippen LogP contribution in [0.4, 0.5) is 8.78 Å². The third-order valence-corrected chi connectivity index (χ3v) is 4.86. The van der Waals surface area contributed by atoms with Crippen molar-refractivity contribution in [2.45, 2.75) is 25.4 Å². The van der Waals surface area contributed by atoms with Crippen molar-refractivity contribution in [1.82, 2.24) is 15.1 Å². The first-order chi connectivity index (χ1) is 10.1. The second-order valence-corrected chi connectivity index (χ2v) is 6.06. The molecule has 0 bridgehead atoms. The molecule has 0 aliphatic carbocycles. The SMILES string of the molecule is CC(c1ccc(F)cc1F)N1CCN(C2CCNC2)CC1.Cl. The van der Waals surface area contributed by atoms with E-state index in [2.05, 4.69) is 15.1 Å². The Morgan fingerprint density at radius 3 is 2.50 bits per heavy atom. The Balaban J connectivity index is 0.00000176. The lowest BCUT2D eigenvalue weighted by molar-refractivity contribution is 0.0776. The van der Waals surface area contributed by atoms with Crippen LogP contribution in [0.3, 0.4) is 0 Å². The Morgan fingerprint density at radius 2 is 1.91 bits per heavy atom. The van der Waals surface area contributed by atoms with Crippen molar-refractivity contribution in [3.63, 3.8) is 0 Å². The van der Waals surface area contributed by atoms with Gasteiger partial charge in [0.05, 0.1) is 0 Å². The minimum atomic E-state index is -0.512. The molecule has 1 N–H and O–H groups in total. The van der Waals surface area contributed by atoms with Crippen LogP contribution in [0, 0.1) is 11.6 Å². The van der Waals surface area contributed by atoms with Gasteiger partial charge in [-0.1, -0.05) is 6.07 Å². The van der Waals surface area contributed by atoms with E-state index in [0.717, 1.165) is 45.3 Å². The molecular formula is C16H24ClF2N3. The van der Waals surface area contributed by atoms with E-state index >= 15 is 0 Å². The lowest BCUT2D eigenvalue weighted by atomic mass is 10.0. The fourth-order valence-electron chi connectivity index (χ4n) is 3.48. The first-order valence-corrected chi connectivity index (χ1v) is 7.79. The fraction of sp³-hybridized carbons (Fsp3) is 0.625. The molecule has 2 atom stereocenters. The van der Waals surface area contributed by atoms with Crippen LogP contribution < -0.4 is 5.32 Å². The number of hydrogen-bond donors (Lipinski definition) is 1. The zero-order valence-electron chi connectivity index (χ0n) is 12.9. The van der Waals surface area contributed by atoms with Crippen molar-refractivity contribution in [2.75, 3.05) is 39.3 Å².